The largest absolute Gasteiger partial charge is 0.497 e. The van der Waals surface area contributed by atoms with Gasteiger partial charge in [0.25, 0.3) is 0 Å². The first kappa shape index (κ1) is 14.4. The van der Waals surface area contributed by atoms with E-state index in [0.29, 0.717) is 6.04 Å². The van der Waals surface area contributed by atoms with Crippen LogP contribution in [0.4, 0.5) is 0 Å². The molecule has 3 unspecified atom stereocenters. The molecule has 0 aromatic heterocycles. The molecule has 3 atom stereocenters. The van der Waals surface area contributed by atoms with Gasteiger partial charge in [0.15, 0.2) is 0 Å². The van der Waals surface area contributed by atoms with Crippen LogP contribution in [-0.2, 0) is 6.42 Å². The Morgan fingerprint density at radius 3 is 2.89 bits per heavy atom. The summed E-state index contributed by atoms with van der Waals surface area (Å²) in [4.78, 5) is 0. The highest BCUT2D eigenvalue weighted by atomic mass is 16.5. The first-order valence-corrected chi connectivity index (χ1v) is 7.55. The number of ether oxygens (including phenoxy) is 1. The van der Waals surface area contributed by atoms with Gasteiger partial charge in [-0.25, -0.2) is 0 Å². The highest BCUT2D eigenvalue weighted by Gasteiger charge is 2.24. The van der Waals surface area contributed by atoms with Crippen molar-refractivity contribution in [2.45, 2.75) is 45.6 Å². The molecular weight excluding hydrogens is 234 g/mol. The number of hydrogen-bond acceptors (Lipinski definition) is 2. The second-order valence-corrected chi connectivity index (χ2v) is 6.06. The third-order valence-corrected chi connectivity index (χ3v) is 4.41. The van der Waals surface area contributed by atoms with Crippen molar-refractivity contribution in [2.75, 3.05) is 13.7 Å². The van der Waals surface area contributed by atoms with E-state index in [-0.39, 0.29) is 0 Å². The maximum Gasteiger partial charge on any atom is 0.119 e. The third kappa shape index (κ3) is 4.24. The van der Waals surface area contributed by atoms with Crippen LogP contribution in [0.25, 0.3) is 0 Å². The van der Waals surface area contributed by atoms with Crippen LogP contribution in [0.1, 0.15) is 38.7 Å². The zero-order valence-corrected chi connectivity index (χ0v) is 12.5. The van der Waals surface area contributed by atoms with Crippen molar-refractivity contribution in [3.05, 3.63) is 29.8 Å². The Morgan fingerprint density at radius 2 is 2.11 bits per heavy atom. The van der Waals surface area contributed by atoms with E-state index in [1.807, 2.05) is 6.07 Å². The standard InChI is InChI=1S/C17H27NO/c1-13-7-8-14(2)17(11-13)18-10-9-15-5-4-6-16(12-15)19-3/h4-6,12-14,17-18H,7-11H2,1-3H3. The fourth-order valence-electron chi connectivity index (χ4n) is 3.05. The van der Waals surface area contributed by atoms with Gasteiger partial charge in [-0.2, -0.15) is 0 Å². The summed E-state index contributed by atoms with van der Waals surface area (Å²) in [5.74, 6) is 2.66. The summed E-state index contributed by atoms with van der Waals surface area (Å²) >= 11 is 0. The molecule has 0 heterocycles. The van der Waals surface area contributed by atoms with Gasteiger partial charge in [-0.1, -0.05) is 32.4 Å². The molecule has 1 aromatic rings. The average molecular weight is 261 g/mol. The smallest absolute Gasteiger partial charge is 0.119 e. The summed E-state index contributed by atoms with van der Waals surface area (Å²) in [6.07, 6.45) is 5.18. The molecule has 0 bridgehead atoms. The highest BCUT2D eigenvalue weighted by molar-refractivity contribution is 5.28. The van der Waals surface area contributed by atoms with E-state index >= 15 is 0 Å². The highest BCUT2D eigenvalue weighted by Crippen LogP contribution is 2.28. The predicted octanol–water partition coefficient (Wildman–Crippen LogP) is 3.65. The zero-order chi connectivity index (χ0) is 13.7. The summed E-state index contributed by atoms with van der Waals surface area (Å²) in [6, 6.07) is 9.09. The molecule has 1 aliphatic rings. The Labute approximate surface area is 117 Å². The molecule has 0 saturated heterocycles. The van der Waals surface area contributed by atoms with Crippen molar-refractivity contribution in [3.63, 3.8) is 0 Å². The SMILES string of the molecule is COc1cccc(CCNC2CC(C)CCC2C)c1. The third-order valence-electron chi connectivity index (χ3n) is 4.41. The van der Waals surface area contributed by atoms with E-state index in [4.69, 9.17) is 4.74 Å². The summed E-state index contributed by atoms with van der Waals surface area (Å²) in [5.41, 5.74) is 1.35. The van der Waals surface area contributed by atoms with Gasteiger partial charge in [-0.05, 0) is 55.3 Å². The lowest BCUT2D eigenvalue weighted by atomic mass is 9.80. The van der Waals surface area contributed by atoms with E-state index in [2.05, 4.69) is 37.4 Å². The zero-order valence-electron chi connectivity index (χ0n) is 12.5. The molecule has 2 heteroatoms. The number of benzene rings is 1. The Morgan fingerprint density at radius 1 is 1.26 bits per heavy atom. The number of nitrogens with one attached hydrogen (secondary N) is 1. The van der Waals surface area contributed by atoms with E-state index in [9.17, 15) is 0 Å². The van der Waals surface area contributed by atoms with Crippen molar-refractivity contribution < 1.29 is 4.74 Å². The Balaban J connectivity index is 1.79. The molecular formula is C17H27NO. The van der Waals surface area contributed by atoms with Crippen LogP contribution >= 0.6 is 0 Å². The molecule has 1 fully saturated rings. The Hall–Kier alpha value is -1.02. The van der Waals surface area contributed by atoms with Crippen LogP contribution in [0, 0.1) is 11.8 Å². The maximum absolute atomic E-state index is 5.26. The van der Waals surface area contributed by atoms with Crippen LogP contribution in [-0.4, -0.2) is 19.7 Å². The topological polar surface area (TPSA) is 21.3 Å². The first-order chi connectivity index (χ1) is 9.19. The molecule has 1 saturated carbocycles. The number of hydrogen-bond donors (Lipinski definition) is 1. The van der Waals surface area contributed by atoms with E-state index in [1.165, 1.54) is 24.8 Å². The Bertz CT molecular complexity index is 391. The lowest BCUT2D eigenvalue weighted by molar-refractivity contribution is 0.230. The lowest BCUT2D eigenvalue weighted by Crippen LogP contribution is -2.40. The van der Waals surface area contributed by atoms with E-state index < -0.39 is 0 Å². The van der Waals surface area contributed by atoms with Crippen molar-refractivity contribution in [1.29, 1.82) is 0 Å². The quantitative estimate of drug-likeness (QED) is 0.873. The molecule has 19 heavy (non-hydrogen) atoms. The van der Waals surface area contributed by atoms with Crippen molar-refractivity contribution >= 4 is 0 Å². The molecule has 0 amide bonds. The van der Waals surface area contributed by atoms with Crippen LogP contribution in [0.2, 0.25) is 0 Å². The van der Waals surface area contributed by atoms with Crippen LogP contribution in [0.3, 0.4) is 0 Å². The van der Waals surface area contributed by atoms with Gasteiger partial charge in [-0.15, -0.1) is 0 Å². The van der Waals surface area contributed by atoms with Gasteiger partial charge in [0.1, 0.15) is 5.75 Å². The summed E-state index contributed by atoms with van der Waals surface area (Å²) in [5, 5.41) is 3.75. The molecule has 0 aliphatic heterocycles. The van der Waals surface area contributed by atoms with Gasteiger partial charge in [0, 0.05) is 6.04 Å². The van der Waals surface area contributed by atoms with E-state index in [0.717, 1.165) is 30.6 Å². The normalized spacial score (nSPS) is 27.2. The molecule has 2 nitrogen and oxygen atoms in total. The van der Waals surface area contributed by atoms with Crippen molar-refractivity contribution in [1.82, 2.24) is 5.32 Å². The molecule has 1 aromatic carbocycles. The second-order valence-electron chi connectivity index (χ2n) is 6.06. The monoisotopic (exact) mass is 261 g/mol. The number of rotatable bonds is 5. The van der Waals surface area contributed by atoms with E-state index in [1.54, 1.807) is 7.11 Å². The van der Waals surface area contributed by atoms with Gasteiger partial charge < -0.3 is 10.1 Å². The predicted molar refractivity (Wildman–Crippen MR) is 80.7 cm³/mol. The minimum Gasteiger partial charge on any atom is -0.497 e. The van der Waals surface area contributed by atoms with Crippen molar-refractivity contribution in [2.24, 2.45) is 11.8 Å². The minimum absolute atomic E-state index is 0.703. The van der Waals surface area contributed by atoms with Crippen LogP contribution < -0.4 is 10.1 Å². The maximum atomic E-state index is 5.26. The van der Waals surface area contributed by atoms with Gasteiger partial charge in [0.05, 0.1) is 7.11 Å². The first-order valence-electron chi connectivity index (χ1n) is 7.55. The fourth-order valence-corrected chi connectivity index (χ4v) is 3.05. The van der Waals surface area contributed by atoms with Crippen molar-refractivity contribution in [3.8, 4) is 5.75 Å². The Kier molecular flexibility index (Phi) is 5.26. The molecule has 2 rings (SSSR count). The summed E-state index contributed by atoms with van der Waals surface area (Å²) < 4.78 is 5.26. The number of methoxy groups -OCH3 is 1. The molecule has 0 spiro atoms. The molecule has 1 N–H and O–H groups in total. The lowest BCUT2D eigenvalue weighted by Gasteiger charge is -2.33. The van der Waals surface area contributed by atoms with Gasteiger partial charge in [0.2, 0.25) is 0 Å². The molecule has 0 radical (unpaired) electrons. The summed E-state index contributed by atoms with van der Waals surface area (Å²) in [7, 11) is 1.72. The second kappa shape index (κ2) is 6.95. The average Bonchev–Trinajstić information content (AvgIpc) is 2.43. The molecule has 106 valence electrons. The summed E-state index contributed by atoms with van der Waals surface area (Å²) in [6.45, 7) is 5.83. The minimum atomic E-state index is 0.703. The van der Waals surface area contributed by atoms with Crippen LogP contribution in [0.15, 0.2) is 24.3 Å². The van der Waals surface area contributed by atoms with Gasteiger partial charge >= 0.3 is 0 Å². The fraction of sp³-hybridized carbons (Fsp3) is 0.647. The van der Waals surface area contributed by atoms with Crippen LogP contribution in [0.5, 0.6) is 5.75 Å². The molecule has 1 aliphatic carbocycles. The van der Waals surface area contributed by atoms with Gasteiger partial charge in [-0.3, -0.25) is 0 Å².